The number of urea groups is 1. The largest absolute Gasteiger partial charge is 0.320 e. The molecule has 0 saturated carbocycles. The van der Waals surface area contributed by atoms with E-state index in [0.717, 1.165) is 44.8 Å². The van der Waals surface area contributed by atoms with E-state index in [4.69, 9.17) is 0 Å². The van der Waals surface area contributed by atoms with Gasteiger partial charge < -0.3 is 15.1 Å². The van der Waals surface area contributed by atoms with E-state index in [9.17, 15) is 4.79 Å². The first-order valence-electron chi connectivity index (χ1n) is 7.81. The summed E-state index contributed by atoms with van der Waals surface area (Å²) in [5, 5.41) is 7.58. The first-order chi connectivity index (χ1) is 10.2. The van der Waals surface area contributed by atoms with Gasteiger partial charge in [0.05, 0.1) is 6.54 Å². The van der Waals surface area contributed by atoms with Crippen LogP contribution in [0.25, 0.3) is 0 Å². The number of hydrogen-bond donors (Lipinski definition) is 1. The zero-order valence-corrected chi connectivity index (χ0v) is 12.8. The molecule has 2 amide bonds. The molecule has 1 N–H and O–H groups in total. The Morgan fingerprint density at radius 1 is 1.33 bits per heavy atom. The number of piperidine rings is 1. The van der Waals surface area contributed by atoms with Crippen LogP contribution < -0.4 is 5.32 Å². The Morgan fingerprint density at radius 2 is 2.10 bits per heavy atom. The minimum absolute atomic E-state index is 0.153. The van der Waals surface area contributed by atoms with Crippen molar-refractivity contribution in [2.24, 2.45) is 0 Å². The van der Waals surface area contributed by atoms with Gasteiger partial charge in [-0.15, -0.1) is 0 Å². The third-order valence-electron chi connectivity index (χ3n) is 4.35. The van der Waals surface area contributed by atoms with Gasteiger partial charge in [0.1, 0.15) is 12.2 Å². The van der Waals surface area contributed by atoms with Gasteiger partial charge in [-0.1, -0.05) is 0 Å². The fourth-order valence-electron chi connectivity index (χ4n) is 3.19. The van der Waals surface area contributed by atoms with E-state index in [2.05, 4.69) is 29.2 Å². The molecular formula is C14H24N6O. The Hall–Kier alpha value is -1.63. The second-order valence-corrected chi connectivity index (χ2v) is 6.09. The molecule has 7 nitrogen and oxygen atoms in total. The molecule has 2 aliphatic rings. The highest BCUT2D eigenvalue weighted by molar-refractivity contribution is 5.76. The van der Waals surface area contributed by atoms with E-state index in [1.165, 1.54) is 0 Å². The van der Waals surface area contributed by atoms with Crippen molar-refractivity contribution in [3.05, 3.63) is 12.2 Å². The van der Waals surface area contributed by atoms with Crippen molar-refractivity contribution in [2.45, 2.75) is 45.3 Å². The topological polar surface area (TPSA) is 66.3 Å². The van der Waals surface area contributed by atoms with Crippen LogP contribution in [0.1, 0.15) is 38.6 Å². The third-order valence-corrected chi connectivity index (χ3v) is 4.35. The Morgan fingerprint density at radius 3 is 2.81 bits per heavy atom. The Kier molecular flexibility index (Phi) is 4.10. The average molecular weight is 292 g/mol. The molecule has 3 heterocycles. The minimum atomic E-state index is 0.153. The van der Waals surface area contributed by atoms with Crippen molar-refractivity contribution < 1.29 is 4.79 Å². The van der Waals surface area contributed by atoms with E-state index in [0.29, 0.717) is 12.6 Å². The smallest absolute Gasteiger partial charge is 0.320 e. The first-order valence-corrected chi connectivity index (χ1v) is 7.81. The number of aromatic nitrogens is 3. The molecule has 0 radical (unpaired) electrons. The molecule has 1 aromatic heterocycles. The molecule has 0 aromatic carbocycles. The second-order valence-electron chi connectivity index (χ2n) is 6.09. The molecule has 21 heavy (non-hydrogen) atoms. The molecule has 0 bridgehead atoms. The summed E-state index contributed by atoms with van der Waals surface area (Å²) in [5.74, 6) is 0.866. The maximum atomic E-state index is 12.6. The van der Waals surface area contributed by atoms with Gasteiger partial charge in [-0.05, 0) is 39.8 Å². The molecule has 0 atom stereocenters. The standard InChI is InChI=1S/C14H24N6O/c1-11(2)20-13(16-10-17-20)9-18-7-8-19(14(18)21)12-3-5-15-6-4-12/h10-12,15H,3-9H2,1-2H3. The number of hydrogen-bond acceptors (Lipinski definition) is 4. The summed E-state index contributed by atoms with van der Waals surface area (Å²) in [5.41, 5.74) is 0. The van der Waals surface area contributed by atoms with Crippen LogP contribution in [0.3, 0.4) is 0 Å². The maximum absolute atomic E-state index is 12.6. The Balaban J connectivity index is 1.65. The SMILES string of the molecule is CC(C)n1ncnc1CN1CCN(C2CCNCC2)C1=O. The molecule has 0 unspecified atom stereocenters. The summed E-state index contributed by atoms with van der Waals surface area (Å²) in [6.45, 7) is 8.34. The number of carbonyl (C=O) groups is 1. The van der Waals surface area contributed by atoms with E-state index in [1.54, 1.807) is 6.33 Å². The van der Waals surface area contributed by atoms with Crippen molar-refractivity contribution in [2.75, 3.05) is 26.2 Å². The van der Waals surface area contributed by atoms with Crippen LogP contribution in [-0.4, -0.2) is 62.8 Å². The highest BCUT2D eigenvalue weighted by Crippen LogP contribution is 2.20. The molecule has 1 aromatic rings. The summed E-state index contributed by atoms with van der Waals surface area (Å²) in [7, 11) is 0. The third kappa shape index (κ3) is 2.88. The van der Waals surface area contributed by atoms with Crippen molar-refractivity contribution in [1.82, 2.24) is 29.9 Å². The predicted molar refractivity (Wildman–Crippen MR) is 78.8 cm³/mol. The van der Waals surface area contributed by atoms with Crippen molar-refractivity contribution in [1.29, 1.82) is 0 Å². The van der Waals surface area contributed by atoms with Crippen LogP contribution in [-0.2, 0) is 6.54 Å². The van der Waals surface area contributed by atoms with Gasteiger partial charge in [0.25, 0.3) is 0 Å². The van der Waals surface area contributed by atoms with E-state index < -0.39 is 0 Å². The van der Waals surface area contributed by atoms with Gasteiger partial charge >= 0.3 is 6.03 Å². The monoisotopic (exact) mass is 292 g/mol. The van der Waals surface area contributed by atoms with Crippen LogP contribution >= 0.6 is 0 Å². The fraction of sp³-hybridized carbons (Fsp3) is 0.786. The summed E-state index contributed by atoms with van der Waals surface area (Å²) in [6.07, 6.45) is 3.68. The predicted octanol–water partition coefficient (Wildman–Crippen LogP) is 0.849. The summed E-state index contributed by atoms with van der Waals surface area (Å²) in [6, 6.07) is 0.813. The minimum Gasteiger partial charge on any atom is -0.320 e. The van der Waals surface area contributed by atoms with Gasteiger partial charge in [0, 0.05) is 25.2 Å². The van der Waals surface area contributed by atoms with Crippen molar-refractivity contribution in [3.8, 4) is 0 Å². The number of carbonyl (C=O) groups excluding carboxylic acids is 1. The molecule has 3 rings (SSSR count). The molecular weight excluding hydrogens is 268 g/mol. The first kappa shape index (κ1) is 14.3. The lowest BCUT2D eigenvalue weighted by molar-refractivity contribution is 0.163. The average Bonchev–Trinajstić information content (AvgIpc) is 3.08. The lowest BCUT2D eigenvalue weighted by Crippen LogP contribution is -2.45. The quantitative estimate of drug-likeness (QED) is 0.893. The van der Waals surface area contributed by atoms with Crippen LogP contribution in [0.5, 0.6) is 0 Å². The lowest BCUT2D eigenvalue weighted by Gasteiger charge is -2.31. The van der Waals surface area contributed by atoms with Crippen molar-refractivity contribution >= 4 is 6.03 Å². The van der Waals surface area contributed by atoms with Crippen molar-refractivity contribution in [3.63, 3.8) is 0 Å². The molecule has 2 fully saturated rings. The molecule has 0 aliphatic carbocycles. The Bertz CT molecular complexity index is 493. The highest BCUT2D eigenvalue weighted by atomic mass is 16.2. The maximum Gasteiger partial charge on any atom is 0.320 e. The van der Waals surface area contributed by atoms with Crippen LogP contribution in [0.2, 0.25) is 0 Å². The summed E-state index contributed by atoms with van der Waals surface area (Å²) >= 11 is 0. The normalized spacial score (nSPS) is 20.8. The molecule has 2 aliphatic heterocycles. The second kappa shape index (κ2) is 6.01. The number of nitrogens with one attached hydrogen (secondary N) is 1. The van der Waals surface area contributed by atoms with E-state index in [-0.39, 0.29) is 12.1 Å². The van der Waals surface area contributed by atoms with Gasteiger partial charge in [-0.3, -0.25) is 0 Å². The number of amides is 2. The molecule has 2 saturated heterocycles. The Labute approximate surface area is 125 Å². The van der Waals surface area contributed by atoms with E-state index >= 15 is 0 Å². The zero-order chi connectivity index (χ0) is 14.8. The molecule has 116 valence electrons. The number of nitrogens with zero attached hydrogens (tertiary/aromatic N) is 5. The van der Waals surface area contributed by atoms with Gasteiger partial charge in [-0.25, -0.2) is 14.5 Å². The molecule has 7 heteroatoms. The van der Waals surface area contributed by atoms with Gasteiger partial charge in [-0.2, -0.15) is 5.10 Å². The number of rotatable bonds is 4. The van der Waals surface area contributed by atoms with Gasteiger partial charge in [0.15, 0.2) is 0 Å². The fourth-order valence-corrected chi connectivity index (χ4v) is 3.19. The summed E-state index contributed by atoms with van der Waals surface area (Å²) in [4.78, 5) is 20.8. The lowest BCUT2D eigenvalue weighted by atomic mass is 10.1. The van der Waals surface area contributed by atoms with E-state index in [1.807, 2.05) is 14.5 Å². The van der Waals surface area contributed by atoms with Gasteiger partial charge in [0.2, 0.25) is 0 Å². The van der Waals surface area contributed by atoms with Crippen LogP contribution in [0, 0.1) is 0 Å². The zero-order valence-electron chi connectivity index (χ0n) is 12.8. The highest BCUT2D eigenvalue weighted by Gasteiger charge is 2.34. The van der Waals surface area contributed by atoms with Crippen LogP contribution in [0.4, 0.5) is 4.79 Å². The summed E-state index contributed by atoms with van der Waals surface area (Å²) < 4.78 is 1.89. The molecule has 0 spiro atoms. The van der Waals surface area contributed by atoms with Crippen LogP contribution in [0.15, 0.2) is 6.33 Å².